The van der Waals surface area contributed by atoms with Crippen molar-refractivity contribution in [3.05, 3.63) is 73.5 Å². The number of benzene rings is 2. The third-order valence-corrected chi connectivity index (χ3v) is 6.51. The van der Waals surface area contributed by atoms with E-state index in [4.69, 9.17) is 20.6 Å². The molecule has 174 valence electrons. The molecule has 0 aromatic heterocycles. The molecule has 0 bridgehead atoms. The van der Waals surface area contributed by atoms with Crippen molar-refractivity contribution in [3.63, 3.8) is 0 Å². The summed E-state index contributed by atoms with van der Waals surface area (Å²) in [5.74, 6) is 2.29. The minimum Gasteiger partial charge on any atom is -0.490 e. The zero-order chi connectivity index (χ0) is 24.4. The molecule has 0 saturated carbocycles. The van der Waals surface area contributed by atoms with E-state index in [2.05, 4.69) is 33.8 Å². The van der Waals surface area contributed by atoms with Gasteiger partial charge in [0.1, 0.15) is 6.61 Å². The van der Waals surface area contributed by atoms with Crippen LogP contribution in [0.25, 0.3) is 5.70 Å². The first-order valence-electron chi connectivity index (χ1n) is 11.0. The van der Waals surface area contributed by atoms with E-state index in [0.717, 1.165) is 20.4 Å². The lowest BCUT2D eigenvalue weighted by Gasteiger charge is -2.30. The number of Topliss-reactive ketones (excluding diaryl/α,β-unsaturated/α-hetero) is 1. The second-order valence-corrected chi connectivity index (χ2v) is 8.90. The standard InChI is InChI=1S/C27H24INO5/c1-5-12-34-26-19(28)13-16(14-20(26)32-6-2)22-21(27(31)33-7-3)15(4)29-24-17-10-8-9-11-18(17)25(30)23(22)24/h1,8-11,13-14,22,29H,6-7,12H2,2-4H3/t22-/m1/s1. The number of allylic oxidation sites excluding steroid dienone is 2. The number of fused-ring (bicyclic) bond motifs is 2. The van der Waals surface area contributed by atoms with Gasteiger partial charge in [0.15, 0.2) is 17.3 Å². The lowest BCUT2D eigenvalue weighted by atomic mass is 9.79. The van der Waals surface area contributed by atoms with Crippen molar-refractivity contribution >= 4 is 40.0 Å². The maximum absolute atomic E-state index is 13.6. The third-order valence-electron chi connectivity index (χ3n) is 5.71. The number of carbonyl (C=O) groups excluding carboxylic acids is 2. The molecule has 0 amide bonds. The van der Waals surface area contributed by atoms with Crippen LogP contribution in [0.4, 0.5) is 0 Å². The van der Waals surface area contributed by atoms with E-state index in [-0.39, 0.29) is 19.0 Å². The van der Waals surface area contributed by atoms with E-state index in [1.165, 1.54) is 0 Å². The zero-order valence-corrected chi connectivity index (χ0v) is 21.3. The maximum Gasteiger partial charge on any atom is 0.336 e. The van der Waals surface area contributed by atoms with E-state index in [1.54, 1.807) is 13.0 Å². The molecule has 1 N–H and O–H groups in total. The topological polar surface area (TPSA) is 73.9 Å². The van der Waals surface area contributed by atoms with Crippen molar-refractivity contribution in [2.24, 2.45) is 0 Å². The van der Waals surface area contributed by atoms with Crippen molar-refractivity contribution in [1.29, 1.82) is 0 Å². The number of hydrogen-bond donors (Lipinski definition) is 1. The molecule has 0 spiro atoms. The van der Waals surface area contributed by atoms with Gasteiger partial charge in [-0.1, -0.05) is 30.2 Å². The predicted octanol–water partition coefficient (Wildman–Crippen LogP) is 4.83. The van der Waals surface area contributed by atoms with Gasteiger partial charge >= 0.3 is 5.97 Å². The van der Waals surface area contributed by atoms with Gasteiger partial charge in [-0.15, -0.1) is 6.42 Å². The summed E-state index contributed by atoms with van der Waals surface area (Å²) in [6.45, 7) is 6.19. The van der Waals surface area contributed by atoms with Crippen molar-refractivity contribution in [2.45, 2.75) is 26.7 Å². The second kappa shape index (κ2) is 9.94. The van der Waals surface area contributed by atoms with Crippen LogP contribution in [0.3, 0.4) is 0 Å². The Morgan fingerprint density at radius 1 is 1.15 bits per heavy atom. The Balaban J connectivity index is 1.93. The molecule has 7 heteroatoms. The van der Waals surface area contributed by atoms with Gasteiger partial charge in [0.2, 0.25) is 0 Å². The van der Waals surface area contributed by atoms with Crippen LogP contribution in [0, 0.1) is 15.9 Å². The summed E-state index contributed by atoms with van der Waals surface area (Å²) in [7, 11) is 0. The first kappa shape index (κ1) is 23.9. The lowest BCUT2D eigenvalue weighted by molar-refractivity contribution is -0.138. The molecule has 1 atom stereocenters. The van der Waals surface area contributed by atoms with Crippen LogP contribution in [-0.4, -0.2) is 31.6 Å². The average molecular weight is 569 g/mol. The van der Waals surface area contributed by atoms with Gasteiger partial charge in [-0.25, -0.2) is 4.79 Å². The van der Waals surface area contributed by atoms with Gasteiger partial charge in [0.05, 0.1) is 28.1 Å². The number of hydrogen-bond acceptors (Lipinski definition) is 6. The molecule has 2 aliphatic rings. The molecule has 0 fully saturated rings. The van der Waals surface area contributed by atoms with Gasteiger partial charge in [0.25, 0.3) is 0 Å². The smallest absolute Gasteiger partial charge is 0.336 e. The Labute approximate surface area is 212 Å². The van der Waals surface area contributed by atoms with Crippen LogP contribution in [0.15, 0.2) is 53.2 Å². The fourth-order valence-corrected chi connectivity index (χ4v) is 5.19. The highest BCUT2D eigenvalue weighted by Crippen LogP contribution is 2.48. The van der Waals surface area contributed by atoms with E-state index >= 15 is 0 Å². The number of nitrogens with one attached hydrogen (secondary N) is 1. The predicted molar refractivity (Wildman–Crippen MR) is 138 cm³/mol. The molecule has 1 heterocycles. The highest BCUT2D eigenvalue weighted by Gasteiger charge is 2.43. The summed E-state index contributed by atoms with van der Waals surface area (Å²) in [4.78, 5) is 26.7. The van der Waals surface area contributed by atoms with Crippen LogP contribution < -0.4 is 14.8 Å². The number of terminal acetylenes is 1. The molecule has 4 rings (SSSR count). The highest BCUT2D eigenvalue weighted by molar-refractivity contribution is 14.1. The van der Waals surface area contributed by atoms with Crippen molar-refractivity contribution in [3.8, 4) is 23.8 Å². The number of ketones is 1. The number of carbonyl (C=O) groups is 2. The molecule has 0 unspecified atom stereocenters. The summed E-state index contributed by atoms with van der Waals surface area (Å²) in [6.07, 6.45) is 5.38. The van der Waals surface area contributed by atoms with Crippen molar-refractivity contribution in [1.82, 2.24) is 5.32 Å². The van der Waals surface area contributed by atoms with Crippen LogP contribution in [-0.2, 0) is 9.53 Å². The number of dihydropyridines is 1. The molecule has 2 aromatic carbocycles. The fourth-order valence-electron chi connectivity index (χ4n) is 4.41. The van der Waals surface area contributed by atoms with E-state index in [0.29, 0.717) is 40.5 Å². The summed E-state index contributed by atoms with van der Waals surface area (Å²) < 4.78 is 17.8. The average Bonchev–Trinajstić information content (AvgIpc) is 3.09. The number of ether oxygens (including phenoxy) is 3. The normalized spacial score (nSPS) is 16.4. The SMILES string of the molecule is C#CCOc1c(I)cc([C@@H]2C(C(=O)OCC)=C(C)NC3=C2C(=O)c2ccccc23)cc1OCC. The molecular weight excluding hydrogens is 545 g/mol. The summed E-state index contributed by atoms with van der Waals surface area (Å²) in [6, 6.07) is 11.2. The molecule has 34 heavy (non-hydrogen) atoms. The lowest BCUT2D eigenvalue weighted by Crippen LogP contribution is -2.29. The molecule has 1 aliphatic heterocycles. The van der Waals surface area contributed by atoms with Gasteiger partial charge in [-0.05, 0) is 61.1 Å². The Bertz CT molecular complexity index is 1280. The zero-order valence-electron chi connectivity index (χ0n) is 19.2. The van der Waals surface area contributed by atoms with Gasteiger partial charge in [0, 0.05) is 28.3 Å². The van der Waals surface area contributed by atoms with Gasteiger partial charge in [-0.2, -0.15) is 0 Å². The highest BCUT2D eigenvalue weighted by atomic mass is 127. The second-order valence-electron chi connectivity index (χ2n) is 7.74. The van der Waals surface area contributed by atoms with Gasteiger partial charge in [-0.3, -0.25) is 4.79 Å². The van der Waals surface area contributed by atoms with Crippen molar-refractivity contribution in [2.75, 3.05) is 19.8 Å². The van der Waals surface area contributed by atoms with Crippen LogP contribution >= 0.6 is 22.6 Å². The number of rotatable bonds is 7. The Kier molecular flexibility index (Phi) is 6.98. The van der Waals surface area contributed by atoms with Crippen LogP contribution in [0.5, 0.6) is 11.5 Å². The van der Waals surface area contributed by atoms with E-state index in [1.807, 2.05) is 44.2 Å². The minimum atomic E-state index is -0.635. The van der Waals surface area contributed by atoms with Crippen LogP contribution in [0.1, 0.15) is 48.2 Å². The molecule has 0 saturated heterocycles. The summed E-state index contributed by atoms with van der Waals surface area (Å²) in [5, 5.41) is 3.31. The molecule has 0 radical (unpaired) electrons. The Morgan fingerprint density at radius 3 is 2.56 bits per heavy atom. The summed E-state index contributed by atoms with van der Waals surface area (Å²) >= 11 is 2.16. The quantitative estimate of drug-likeness (QED) is 0.293. The van der Waals surface area contributed by atoms with Crippen molar-refractivity contribution < 1.29 is 23.8 Å². The third kappa shape index (κ3) is 4.07. The number of esters is 1. The fraction of sp³-hybridized carbons (Fsp3) is 0.259. The van der Waals surface area contributed by atoms with E-state index < -0.39 is 11.9 Å². The number of halogens is 1. The molecular formula is C27H24INO5. The first-order chi connectivity index (χ1) is 16.4. The largest absolute Gasteiger partial charge is 0.490 e. The molecule has 6 nitrogen and oxygen atoms in total. The molecule has 1 aliphatic carbocycles. The maximum atomic E-state index is 13.6. The first-order valence-corrected chi connectivity index (χ1v) is 12.1. The Morgan fingerprint density at radius 2 is 1.88 bits per heavy atom. The van der Waals surface area contributed by atoms with E-state index in [9.17, 15) is 9.59 Å². The molecule has 2 aromatic rings. The monoisotopic (exact) mass is 569 g/mol. The summed E-state index contributed by atoms with van der Waals surface area (Å²) in [5.41, 5.74) is 4.45. The van der Waals surface area contributed by atoms with Crippen LogP contribution in [0.2, 0.25) is 0 Å². The Hall–Kier alpha value is -3.25. The van der Waals surface area contributed by atoms with Gasteiger partial charge < -0.3 is 19.5 Å². The minimum absolute atomic E-state index is 0.0962.